The summed E-state index contributed by atoms with van der Waals surface area (Å²) in [6.45, 7) is 3.47. The second-order valence-electron chi connectivity index (χ2n) is 1.22. The van der Waals surface area contributed by atoms with Crippen molar-refractivity contribution < 1.29 is 5.11 Å². The van der Waals surface area contributed by atoms with E-state index in [0.717, 1.165) is 0 Å². The van der Waals surface area contributed by atoms with E-state index in [2.05, 4.69) is 11.9 Å². The first-order valence-electron chi connectivity index (χ1n) is 2.03. The molecule has 0 rings (SSSR count). The number of hydrogen-bond donors (Lipinski definition) is 2. The highest BCUT2D eigenvalue weighted by atomic mass is 35.5. The summed E-state index contributed by atoms with van der Waals surface area (Å²) < 4.78 is 0. The monoisotopic (exact) mass is 155 g/mol. The van der Waals surface area contributed by atoms with E-state index in [-0.39, 0.29) is 5.88 Å². The van der Waals surface area contributed by atoms with E-state index in [1.165, 1.54) is 0 Å². The van der Waals surface area contributed by atoms with Gasteiger partial charge in [-0.05, 0) is 6.58 Å². The minimum Gasteiger partial charge on any atom is -0.495 e. The van der Waals surface area contributed by atoms with Crippen LogP contribution in [0.25, 0.3) is 0 Å². The third-order valence-electron chi connectivity index (χ3n) is 0.460. The molecule has 0 aromatic carbocycles. The molecule has 2 N–H and O–H groups in total. The second-order valence-corrected chi connectivity index (χ2v) is 2.50. The number of rotatable bonds is 3. The van der Waals surface area contributed by atoms with Crippen LogP contribution in [0, 0.1) is 0 Å². The summed E-state index contributed by atoms with van der Waals surface area (Å²) in [6.07, 6.45) is 0. The van der Waals surface area contributed by atoms with Gasteiger partial charge >= 0.3 is 0 Å². The molecule has 48 valence electrons. The van der Waals surface area contributed by atoms with Gasteiger partial charge in [-0.25, -0.2) is 0 Å². The molecule has 0 saturated carbocycles. The molecule has 0 unspecified atom stereocenters. The van der Waals surface area contributed by atoms with E-state index in [1.54, 1.807) is 0 Å². The maximum atomic E-state index is 8.38. The lowest BCUT2D eigenvalue weighted by Crippen LogP contribution is -2.18. The van der Waals surface area contributed by atoms with Gasteiger partial charge in [-0.3, -0.25) is 0 Å². The van der Waals surface area contributed by atoms with Crippen LogP contribution in [0.4, 0.5) is 0 Å². The highest BCUT2D eigenvalue weighted by Crippen LogP contribution is 1.98. The van der Waals surface area contributed by atoms with Crippen LogP contribution in [0.5, 0.6) is 0 Å². The Morgan fingerprint density at radius 2 is 2.25 bits per heavy atom. The first kappa shape index (κ1) is 7.92. The summed E-state index contributed by atoms with van der Waals surface area (Å²) in [7, 11) is 0. The molecule has 0 radical (unpaired) electrons. The molecule has 4 heteroatoms. The van der Waals surface area contributed by atoms with Gasteiger partial charge in [-0.1, -0.05) is 0 Å². The number of aliphatic hydroxyl groups is 1. The van der Waals surface area contributed by atoms with Crippen molar-refractivity contribution in [1.82, 2.24) is 5.32 Å². The van der Waals surface area contributed by atoms with Gasteiger partial charge in [-0.2, -0.15) is 0 Å². The first-order chi connectivity index (χ1) is 3.63. The van der Waals surface area contributed by atoms with Crippen molar-refractivity contribution >= 4 is 23.2 Å². The zero-order chi connectivity index (χ0) is 6.57. The normalized spacial score (nSPS) is 9.38. The fourth-order valence-electron chi connectivity index (χ4n) is 0.195. The van der Waals surface area contributed by atoms with Gasteiger partial charge in [0.05, 0.1) is 0 Å². The number of nitrogens with one attached hydrogen (secondary N) is 1. The Hall–Kier alpha value is -0.0800. The van der Waals surface area contributed by atoms with E-state index in [4.69, 9.17) is 28.3 Å². The summed E-state index contributed by atoms with van der Waals surface area (Å²) in [5.74, 6) is -0.115. The fourth-order valence-corrected chi connectivity index (χ4v) is 0.349. The molecule has 0 heterocycles. The van der Waals surface area contributed by atoms with Crippen LogP contribution < -0.4 is 5.32 Å². The lowest BCUT2D eigenvalue weighted by molar-refractivity contribution is 0.370. The Kier molecular flexibility index (Phi) is 3.83. The first-order valence-corrected chi connectivity index (χ1v) is 2.90. The lowest BCUT2D eigenvalue weighted by Gasteiger charge is -2.01. The predicted molar refractivity (Wildman–Crippen MR) is 35.3 cm³/mol. The van der Waals surface area contributed by atoms with Gasteiger partial charge in [0.25, 0.3) is 0 Å². The predicted octanol–water partition coefficient (Wildman–Crippen LogP) is 1.41. The molecule has 0 aliphatic heterocycles. The molecule has 0 aromatic heterocycles. The molecule has 8 heavy (non-hydrogen) atoms. The maximum Gasteiger partial charge on any atom is 0.176 e. The molecule has 0 aliphatic carbocycles. The number of aliphatic hydroxyl groups excluding tert-OH is 1. The molecule has 0 amide bonds. The Morgan fingerprint density at radius 1 is 1.75 bits per heavy atom. The van der Waals surface area contributed by atoms with Gasteiger partial charge in [0.2, 0.25) is 0 Å². The van der Waals surface area contributed by atoms with Crippen LogP contribution in [0.15, 0.2) is 12.5 Å². The van der Waals surface area contributed by atoms with E-state index in [9.17, 15) is 0 Å². The summed E-state index contributed by atoms with van der Waals surface area (Å²) in [4.78, 5) is -0.501. The minimum absolute atomic E-state index is 0.115. The second kappa shape index (κ2) is 3.87. The van der Waals surface area contributed by atoms with Crippen LogP contribution in [0.3, 0.4) is 0 Å². The fraction of sp³-hybridized carbons (Fsp3) is 0.500. The standard InChI is InChI=1S/C4H7Cl2NO/c1-3(8)7-2-4(5)6/h4,7-8H,1-2H2. The Bertz CT molecular complexity index is 84.1. The van der Waals surface area contributed by atoms with Gasteiger partial charge in [-0.15, -0.1) is 23.2 Å². The largest absolute Gasteiger partial charge is 0.495 e. The lowest BCUT2D eigenvalue weighted by atomic mass is 10.7. The van der Waals surface area contributed by atoms with Crippen molar-refractivity contribution in [2.45, 2.75) is 4.84 Å². The van der Waals surface area contributed by atoms with E-state index < -0.39 is 4.84 Å². The average molecular weight is 156 g/mol. The molecular formula is C4H7Cl2NO. The SMILES string of the molecule is C=C(O)NCC(Cl)Cl. The van der Waals surface area contributed by atoms with Crippen LogP contribution in [-0.4, -0.2) is 16.5 Å². The van der Waals surface area contributed by atoms with E-state index in [1.807, 2.05) is 0 Å². The summed E-state index contributed by atoms with van der Waals surface area (Å²) in [5, 5.41) is 10.8. The van der Waals surface area contributed by atoms with E-state index >= 15 is 0 Å². The summed E-state index contributed by atoms with van der Waals surface area (Å²) in [5.41, 5.74) is 0. The van der Waals surface area contributed by atoms with Crippen LogP contribution >= 0.6 is 23.2 Å². The molecule has 0 bridgehead atoms. The summed E-state index contributed by atoms with van der Waals surface area (Å²) >= 11 is 10.5. The Labute approximate surface area is 58.1 Å². The topological polar surface area (TPSA) is 32.3 Å². The third kappa shape index (κ3) is 5.92. The van der Waals surface area contributed by atoms with Gasteiger partial charge < -0.3 is 10.4 Å². The van der Waals surface area contributed by atoms with Gasteiger partial charge in [0.1, 0.15) is 4.84 Å². The zero-order valence-corrected chi connectivity index (χ0v) is 5.71. The highest BCUT2D eigenvalue weighted by Gasteiger charge is 1.95. The van der Waals surface area contributed by atoms with Crippen molar-refractivity contribution in [2.24, 2.45) is 0 Å². The minimum atomic E-state index is -0.501. The molecule has 0 spiro atoms. The zero-order valence-electron chi connectivity index (χ0n) is 4.19. The smallest absolute Gasteiger partial charge is 0.176 e. The highest BCUT2D eigenvalue weighted by molar-refractivity contribution is 6.44. The third-order valence-corrected chi connectivity index (χ3v) is 0.769. The maximum absolute atomic E-state index is 8.38. The van der Waals surface area contributed by atoms with Crippen LogP contribution in [0.2, 0.25) is 0 Å². The molecular weight excluding hydrogens is 149 g/mol. The average Bonchev–Trinajstić information content (AvgIpc) is 1.61. The summed E-state index contributed by atoms with van der Waals surface area (Å²) in [6, 6.07) is 0. The van der Waals surface area contributed by atoms with E-state index in [0.29, 0.717) is 6.54 Å². The molecule has 2 nitrogen and oxygen atoms in total. The van der Waals surface area contributed by atoms with Crippen molar-refractivity contribution in [2.75, 3.05) is 6.54 Å². The van der Waals surface area contributed by atoms with Crippen molar-refractivity contribution in [3.63, 3.8) is 0 Å². The quantitative estimate of drug-likeness (QED) is 0.478. The molecule has 0 fully saturated rings. The Morgan fingerprint density at radius 3 is 2.38 bits per heavy atom. The molecule has 0 aromatic rings. The van der Waals surface area contributed by atoms with Crippen molar-refractivity contribution in [3.8, 4) is 0 Å². The van der Waals surface area contributed by atoms with Crippen LogP contribution in [0.1, 0.15) is 0 Å². The van der Waals surface area contributed by atoms with Gasteiger partial charge in [0, 0.05) is 6.54 Å². The number of halogens is 2. The molecule has 0 aliphatic rings. The van der Waals surface area contributed by atoms with Crippen molar-refractivity contribution in [1.29, 1.82) is 0 Å². The molecule has 0 atom stereocenters. The van der Waals surface area contributed by atoms with Gasteiger partial charge in [0.15, 0.2) is 5.88 Å². The number of hydrogen-bond acceptors (Lipinski definition) is 2. The molecule has 0 saturated heterocycles. The van der Waals surface area contributed by atoms with Crippen molar-refractivity contribution in [3.05, 3.63) is 12.5 Å². The van der Waals surface area contributed by atoms with Crippen LogP contribution in [-0.2, 0) is 0 Å². The number of alkyl halides is 2. The Balaban J connectivity index is 3.05.